The molecule has 4 aromatic rings. The normalized spacial score (nSPS) is 17.4. The Morgan fingerprint density at radius 2 is 1.19 bits per heavy atom. The maximum Gasteiger partial charge on any atom is 0.408 e. The average molecular weight is 831 g/mol. The fourth-order valence-corrected chi connectivity index (χ4v) is 8.19. The number of benzene rings is 2. The van der Waals surface area contributed by atoms with Crippen LogP contribution in [0.3, 0.4) is 0 Å². The van der Waals surface area contributed by atoms with Crippen LogP contribution in [0.2, 0.25) is 0 Å². The Labute approximate surface area is 349 Å². The van der Waals surface area contributed by atoms with Crippen molar-refractivity contribution >= 4 is 87.7 Å². The molecule has 4 heterocycles. The Balaban J connectivity index is 0.000000223. The van der Waals surface area contributed by atoms with E-state index in [9.17, 15) is 24.0 Å². The van der Waals surface area contributed by atoms with Gasteiger partial charge in [-0.15, -0.1) is 12.4 Å². The summed E-state index contributed by atoms with van der Waals surface area (Å²) in [5.74, 6) is -0.922. The van der Waals surface area contributed by atoms with E-state index in [1.165, 1.54) is 6.42 Å². The predicted molar refractivity (Wildman–Crippen MR) is 232 cm³/mol. The van der Waals surface area contributed by atoms with E-state index in [4.69, 9.17) is 10.5 Å². The number of nitrogens with two attached hydrogens (primary N) is 1. The number of carbonyl (C=O) groups excluding carboxylic acids is 5. The summed E-state index contributed by atoms with van der Waals surface area (Å²) in [7, 11) is 0. The van der Waals surface area contributed by atoms with Gasteiger partial charge in [-0.2, -0.15) is 10.2 Å². The minimum Gasteiger partial charge on any atom is -0.444 e. The first-order valence-electron chi connectivity index (χ1n) is 19.7. The molecule has 16 nitrogen and oxygen atoms in total. The summed E-state index contributed by atoms with van der Waals surface area (Å²) in [6.07, 6.45) is 16.5. The summed E-state index contributed by atoms with van der Waals surface area (Å²) in [5, 5.41) is 17.9. The van der Waals surface area contributed by atoms with Crippen molar-refractivity contribution < 1.29 is 28.7 Å². The Hall–Kier alpha value is -5.74. The molecular formula is C42H55ClN10O6. The SMILES string of the molecule is C.CC(C)(C)OC(=O)N[C@@H](C(=O)Nc1cc2c3c(c[nH]c3c1)C=NNC2=O)C1CCCCC1.Cl.N[C@@H](C(=O)Nc1cc2c3c(c[nH]c3c1)C=NNC2=O)C1CCCCC1. The second-order valence-corrected chi connectivity index (χ2v) is 16.2. The van der Waals surface area contributed by atoms with Gasteiger partial charge in [-0.1, -0.05) is 46.0 Å². The van der Waals surface area contributed by atoms with Crippen molar-refractivity contribution in [1.29, 1.82) is 0 Å². The van der Waals surface area contributed by atoms with Crippen LogP contribution in [0.1, 0.15) is 124 Å². The van der Waals surface area contributed by atoms with Gasteiger partial charge in [0.1, 0.15) is 11.6 Å². The molecule has 2 aromatic heterocycles. The summed E-state index contributed by atoms with van der Waals surface area (Å²) >= 11 is 0. The second kappa shape index (κ2) is 18.9. The zero-order chi connectivity index (χ0) is 40.3. The molecule has 2 atom stereocenters. The van der Waals surface area contributed by atoms with Gasteiger partial charge in [0, 0.05) is 56.7 Å². The van der Waals surface area contributed by atoms with Crippen molar-refractivity contribution in [2.75, 3.05) is 10.6 Å². The molecular weight excluding hydrogens is 776 g/mol. The zero-order valence-corrected chi connectivity index (χ0v) is 33.6. The molecule has 316 valence electrons. The number of aromatic amines is 2. The number of H-pyrrole nitrogens is 2. The van der Waals surface area contributed by atoms with Gasteiger partial charge in [-0.3, -0.25) is 19.2 Å². The average Bonchev–Trinajstić information content (AvgIpc) is 3.70. The number of halogens is 1. The molecule has 9 N–H and O–H groups in total. The fourth-order valence-electron chi connectivity index (χ4n) is 8.19. The van der Waals surface area contributed by atoms with Crippen LogP contribution in [0.15, 0.2) is 46.9 Å². The van der Waals surface area contributed by atoms with Gasteiger partial charge in [0.15, 0.2) is 0 Å². The Kier molecular flexibility index (Phi) is 14.2. The maximum absolute atomic E-state index is 13.3. The quantitative estimate of drug-likeness (QED) is 0.0990. The van der Waals surface area contributed by atoms with Gasteiger partial charge >= 0.3 is 6.09 Å². The second-order valence-electron chi connectivity index (χ2n) is 16.2. The molecule has 2 aliphatic heterocycles. The predicted octanol–water partition coefficient (Wildman–Crippen LogP) is 6.81. The number of nitrogens with one attached hydrogen (secondary N) is 7. The number of ether oxygens (including phenoxy) is 1. The van der Waals surface area contributed by atoms with Crippen molar-refractivity contribution in [1.82, 2.24) is 26.1 Å². The summed E-state index contributed by atoms with van der Waals surface area (Å²) in [6.45, 7) is 5.35. The van der Waals surface area contributed by atoms with Crippen molar-refractivity contribution in [3.63, 3.8) is 0 Å². The standard InChI is InChI=1S/C23H29N5O4.C18H21N5O2.CH4.ClH/c1-23(2,3)32-22(31)27-19(13-7-5-4-6-8-13)21(30)26-15-9-16-18-14(11-24-17(18)10-15)12-25-28-20(16)29;19-16(10-4-2-1-3-5-10)18(25)22-12-6-13-15-11(8-20-14(15)7-12)9-21-23-17(13)24;;/h9-13,19,24H,4-8H2,1-3H3,(H,26,30)(H,27,31)(H,28,29);6-10,16,20H,1-5,19H2,(H,22,25)(H,23,24);1H4;1H/t19-;16-;;/m11../s1. The highest BCUT2D eigenvalue weighted by Crippen LogP contribution is 2.32. The monoisotopic (exact) mass is 830 g/mol. The van der Waals surface area contributed by atoms with Crippen LogP contribution < -0.4 is 32.5 Å². The molecule has 2 aliphatic carbocycles. The number of hydrogen-bond acceptors (Lipinski definition) is 9. The van der Waals surface area contributed by atoms with Gasteiger partial charge in [0.25, 0.3) is 11.8 Å². The first kappa shape index (κ1) is 44.4. The third kappa shape index (κ3) is 10.3. The van der Waals surface area contributed by atoms with Crippen molar-refractivity contribution in [2.45, 2.75) is 110 Å². The third-order valence-corrected chi connectivity index (χ3v) is 10.9. The number of rotatable bonds is 7. The number of hydrogen-bond donors (Lipinski definition) is 8. The molecule has 5 amide bonds. The van der Waals surface area contributed by atoms with Crippen molar-refractivity contribution in [3.8, 4) is 0 Å². The van der Waals surface area contributed by atoms with Crippen LogP contribution in [0.4, 0.5) is 16.2 Å². The number of anilines is 2. The van der Waals surface area contributed by atoms with Gasteiger partial charge in [-0.25, -0.2) is 15.6 Å². The first-order chi connectivity index (χ1) is 27.3. The van der Waals surface area contributed by atoms with Crippen LogP contribution >= 0.6 is 12.4 Å². The van der Waals surface area contributed by atoms with E-state index >= 15 is 0 Å². The summed E-state index contributed by atoms with van der Waals surface area (Å²) in [4.78, 5) is 69.2. The first-order valence-corrected chi connectivity index (χ1v) is 19.7. The smallest absolute Gasteiger partial charge is 0.408 e. The Morgan fingerprint density at radius 3 is 1.66 bits per heavy atom. The van der Waals surface area contributed by atoms with Crippen LogP contribution in [-0.4, -0.2) is 69.8 Å². The number of nitrogens with zero attached hydrogens (tertiary/aromatic N) is 2. The van der Waals surface area contributed by atoms with E-state index in [0.717, 1.165) is 85.2 Å². The minimum atomic E-state index is -0.726. The summed E-state index contributed by atoms with van der Waals surface area (Å²) in [5.41, 5.74) is 15.5. The molecule has 0 spiro atoms. The molecule has 2 aromatic carbocycles. The van der Waals surface area contributed by atoms with Gasteiger partial charge in [-0.05, 0) is 82.6 Å². The Morgan fingerprint density at radius 1 is 0.729 bits per heavy atom. The van der Waals surface area contributed by atoms with Crippen LogP contribution in [0.25, 0.3) is 21.8 Å². The number of alkyl carbamates (subject to hydrolysis) is 1. The van der Waals surface area contributed by atoms with Gasteiger partial charge in [0.05, 0.1) is 29.6 Å². The van der Waals surface area contributed by atoms with Crippen LogP contribution in [0, 0.1) is 11.8 Å². The molecule has 2 fully saturated rings. The third-order valence-electron chi connectivity index (χ3n) is 10.9. The van der Waals surface area contributed by atoms with Gasteiger partial charge < -0.3 is 36.4 Å². The minimum absolute atomic E-state index is 0. The lowest BCUT2D eigenvalue weighted by Crippen LogP contribution is -2.50. The van der Waals surface area contributed by atoms with Gasteiger partial charge in [0.2, 0.25) is 11.8 Å². The number of aromatic nitrogens is 2. The molecule has 59 heavy (non-hydrogen) atoms. The highest BCUT2D eigenvalue weighted by Gasteiger charge is 2.33. The lowest BCUT2D eigenvalue weighted by Gasteiger charge is -2.31. The maximum atomic E-state index is 13.3. The van der Waals surface area contributed by atoms with E-state index in [-0.39, 0.29) is 55.3 Å². The zero-order valence-electron chi connectivity index (χ0n) is 32.8. The molecule has 0 radical (unpaired) electrons. The lowest BCUT2D eigenvalue weighted by atomic mass is 9.83. The largest absolute Gasteiger partial charge is 0.444 e. The van der Waals surface area contributed by atoms with E-state index in [1.807, 2.05) is 6.07 Å². The number of hydrazone groups is 2. The topological polar surface area (TPSA) is 237 Å². The highest BCUT2D eigenvalue weighted by molar-refractivity contribution is 6.17. The van der Waals surface area contributed by atoms with Crippen LogP contribution in [-0.2, 0) is 14.3 Å². The Bertz CT molecular complexity index is 2260. The molecule has 0 unspecified atom stereocenters. The van der Waals surface area contributed by atoms with E-state index in [1.54, 1.807) is 63.8 Å². The summed E-state index contributed by atoms with van der Waals surface area (Å²) in [6, 6.07) is 5.66. The number of carbonyl (C=O) groups is 5. The highest BCUT2D eigenvalue weighted by atomic mass is 35.5. The number of amides is 5. The molecule has 0 bridgehead atoms. The summed E-state index contributed by atoms with van der Waals surface area (Å²) < 4.78 is 5.39. The van der Waals surface area contributed by atoms with Crippen molar-refractivity contribution in [3.05, 3.63) is 58.9 Å². The molecule has 2 saturated carbocycles. The van der Waals surface area contributed by atoms with Crippen molar-refractivity contribution in [2.24, 2.45) is 27.8 Å². The van der Waals surface area contributed by atoms with Crippen LogP contribution in [0.5, 0.6) is 0 Å². The molecule has 4 aliphatic rings. The van der Waals surface area contributed by atoms with E-state index in [0.29, 0.717) is 28.0 Å². The molecule has 8 rings (SSSR count). The lowest BCUT2D eigenvalue weighted by molar-refractivity contribution is -0.120. The molecule has 0 saturated heterocycles. The van der Waals surface area contributed by atoms with E-state index in [2.05, 4.69) is 47.0 Å². The molecule has 17 heteroatoms. The fraction of sp³-hybridized carbons (Fsp3) is 0.452. The van der Waals surface area contributed by atoms with E-state index < -0.39 is 23.8 Å².